The van der Waals surface area contributed by atoms with Gasteiger partial charge in [-0.05, 0) is 79.8 Å². The van der Waals surface area contributed by atoms with E-state index >= 15 is 0 Å². The number of aryl methyl sites for hydroxylation is 2. The topological polar surface area (TPSA) is 86.8 Å². The summed E-state index contributed by atoms with van der Waals surface area (Å²) in [7, 11) is -3.51. The number of nitrogens with one attached hydrogen (secondary N) is 1. The van der Waals surface area contributed by atoms with Crippen molar-refractivity contribution in [2.24, 2.45) is 0 Å². The number of likely N-dealkylation sites (tertiary alicyclic amines) is 1. The van der Waals surface area contributed by atoms with Crippen LogP contribution in [0.4, 0.5) is 11.4 Å². The van der Waals surface area contributed by atoms with Gasteiger partial charge in [-0.2, -0.15) is 0 Å². The number of carbonyl (C=O) groups excluding carboxylic acids is 2. The molecule has 1 saturated heterocycles. The smallest absolute Gasteiger partial charge is 0.255 e. The van der Waals surface area contributed by atoms with Gasteiger partial charge in [-0.1, -0.05) is 30.3 Å². The lowest BCUT2D eigenvalue weighted by atomic mass is 10.1. The number of anilines is 2. The first-order valence-electron chi connectivity index (χ1n) is 12.0. The molecule has 4 rings (SSSR count). The molecule has 1 N–H and O–H groups in total. The van der Waals surface area contributed by atoms with Crippen LogP contribution in [0.15, 0.2) is 66.7 Å². The summed E-state index contributed by atoms with van der Waals surface area (Å²) in [6.45, 7) is 5.54. The van der Waals surface area contributed by atoms with Crippen LogP contribution in [0.3, 0.4) is 0 Å². The van der Waals surface area contributed by atoms with E-state index in [1.54, 1.807) is 54.6 Å². The normalized spacial score (nSPS) is 13.5. The summed E-state index contributed by atoms with van der Waals surface area (Å²) in [4.78, 5) is 27.7. The summed E-state index contributed by atoms with van der Waals surface area (Å²) < 4.78 is 26.4. The van der Waals surface area contributed by atoms with E-state index in [9.17, 15) is 18.0 Å². The Morgan fingerprint density at radius 3 is 2.22 bits per heavy atom. The van der Waals surface area contributed by atoms with E-state index < -0.39 is 10.0 Å². The summed E-state index contributed by atoms with van der Waals surface area (Å²) in [5, 5.41) is 2.86. The maximum atomic E-state index is 13.0. The minimum atomic E-state index is -3.51. The Labute approximate surface area is 212 Å². The van der Waals surface area contributed by atoms with Crippen molar-refractivity contribution in [1.82, 2.24) is 4.90 Å². The Kier molecular flexibility index (Phi) is 7.45. The number of para-hydroxylation sites is 1. The number of rotatable bonds is 7. The summed E-state index contributed by atoms with van der Waals surface area (Å²) in [6, 6.07) is 19.4. The van der Waals surface area contributed by atoms with Gasteiger partial charge in [0.25, 0.3) is 11.8 Å². The van der Waals surface area contributed by atoms with Crippen LogP contribution in [0.2, 0.25) is 0 Å². The Bertz CT molecular complexity index is 1380. The third-order valence-electron chi connectivity index (χ3n) is 6.52. The van der Waals surface area contributed by atoms with Crippen molar-refractivity contribution in [3.8, 4) is 0 Å². The fourth-order valence-corrected chi connectivity index (χ4v) is 5.15. The van der Waals surface area contributed by atoms with Crippen LogP contribution < -0.4 is 9.62 Å². The molecule has 7 nitrogen and oxygen atoms in total. The number of benzene rings is 3. The Morgan fingerprint density at radius 2 is 1.58 bits per heavy atom. The highest BCUT2D eigenvalue weighted by Crippen LogP contribution is 2.24. The number of hydrogen-bond donors (Lipinski definition) is 1. The van der Waals surface area contributed by atoms with E-state index in [0.29, 0.717) is 22.5 Å². The molecule has 188 valence electrons. The van der Waals surface area contributed by atoms with E-state index in [2.05, 4.69) is 5.32 Å². The highest BCUT2D eigenvalue weighted by molar-refractivity contribution is 7.92. The highest BCUT2D eigenvalue weighted by atomic mass is 32.2. The van der Waals surface area contributed by atoms with Gasteiger partial charge in [0.1, 0.15) is 0 Å². The monoisotopic (exact) mass is 505 g/mol. The highest BCUT2D eigenvalue weighted by Gasteiger charge is 2.23. The molecule has 1 aliphatic heterocycles. The van der Waals surface area contributed by atoms with Gasteiger partial charge in [-0.3, -0.25) is 13.9 Å². The lowest BCUT2D eigenvalue weighted by Crippen LogP contribution is -2.29. The molecule has 1 aliphatic rings. The van der Waals surface area contributed by atoms with Crippen molar-refractivity contribution in [3.63, 3.8) is 0 Å². The molecule has 0 unspecified atom stereocenters. The number of carbonyl (C=O) groups is 2. The molecule has 0 bridgehead atoms. The first-order valence-corrected chi connectivity index (χ1v) is 13.8. The molecule has 1 heterocycles. The summed E-state index contributed by atoms with van der Waals surface area (Å²) in [5.41, 5.74) is 4.81. The third-order valence-corrected chi connectivity index (χ3v) is 7.66. The Hall–Kier alpha value is -3.65. The van der Waals surface area contributed by atoms with Crippen molar-refractivity contribution in [1.29, 1.82) is 0 Å². The van der Waals surface area contributed by atoms with Gasteiger partial charge in [0.05, 0.1) is 29.7 Å². The van der Waals surface area contributed by atoms with Gasteiger partial charge in [0.15, 0.2) is 0 Å². The molecule has 3 aromatic carbocycles. The van der Waals surface area contributed by atoms with Crippen LogP contribution in [0.25, 0.3) is 0 Å². The largest absolute Gasteiger partial charge is 0.339 e. The second-order valence-corrected chi connectivity index (χ2v) is 11.1. The van der Waals surface area contributed by atoms with E-state index in [0.717, 1.165) is 42.6 Å². The van der Waals surface area contributed by atoms with Crippen LogP contribution in [0.5, 0.6) is 0 Å². The number of sulfonamides is 1. The van der Waals surface area contributed by atoms with Crippen molar-refractivity contribution in [2.45, 2.75) is 33.2 Å². The van der Waals surface area contributed by atoms with Crippen LogP contribution in [0, 0.1) is 13.8 Å². The standard InChI is InChI=1S/C28H31N3O4S/c1-20-10-15-24(18-21(20)2)31(36(3,34)35)19-22-11-13-23(14-12-22)27(32)29-26-9-5-4-8-25(26)28(33)30-16-6-7-17-30/h4-5,8-15,18H,6-7,16-17,19H2,1-3H3,(H,29,32). The second-order valence-electron chi connectivity index (χ2n) is 9.23. The first-order chi connectivity index (χ1) is 17.1. The molecular weight excluding hydrogens is 474 g/mol. The summed E-state index contributed by atoms with van der Waals surface area (Å²) in [5.74, 6) is -0.414. The average Bonchev–Trinajstić information content (AvgIpc) is 3.39. The molecule has 0 spiro atoms. The fraction of sp³-hybridized carbons (Fsp3) is 0.286. The van der Waals surface area contributed by atoms with E-state index in [1.165, 1.54) is 10.6 Å². The Morgan fingerprint density at radius 1 is 0.917 bits per heavy atom. The number of amides is 2. The lowest BCUT2D eigenvalue weighted by Gasteiger charge is -2.23. The van der Waals surface area contributed by atoms with Gasteiger partial charge >= 0.3 is 0 Å². The molecular formula is C28H31N3O4S. The van der Waals surface area contributed by atoms with Gasteiger partial charge in [0, 0.05) is 18.7 Å². The van der Waals surface area contributed by atoms with Gasteiger partial charge in [-0.25, -0.2) is 8.42 Å². The van der Waals surface area contributed by atoms with Crippen molar-refractivity contribution in [2.75, 3.05) is 29.0 Å². The molecule has 2 amide bonds. The van der Waals surface area contributed by atoms with Gasteiger partial charge in [-0.15, -0.1) is 0 Å². The van der Waals surface area contributed by atoms with Crippen LogP contribution in [0.1, 0.15) is 50.2 Å². The molecule has 8 heteroatoms. The molecule has 0 aromatic heterocycles. The fourth-order valence-electron chi connectivity index (χ4n) is 4.27. The zero-order chi connectivity index (χ0) is 25.9. The van der Waals surface area contributed by atoms with Crippen LogP contribution in [-0.4, -0.2) is 44.5 Å². The number of nitrogens with zero attached hydrogens (tertiary/aromatic N) is 2. The summed E-state index contributed by atoms with van der Waals surface area (Å²) >= 11 is 0. The van der Waals surface area contributed by atoms with Gasteiger partial charge in [0.2, 0.25) is 10.0 Å². The van der Waals surface area contributed by atoms with Crippen molar-refractivity contribution < 1.29 is 18.0 Å². The van der Waals surface area contributed by atoms with Crippen LogP contribution >= 0.6 is 0 Å². The first kappa shape index (κ1) is 25.4. The predicted octanol–water partition coefficient (Wildman–Crippen LogP) is 4.76. The van der Waals surface area contributed by atoms with Crippen molar-refractivity contribution >= 4 is 33.2 Å². The van der Waals surface area contributed by atoms with E-state index in [-0.39, 0.29) is 18.4 Å². The quantitative estimate of drug-likeness (QED) is 0.502. The second kappa shape index (κ2) is 10.5. The maximum absolute atomic E-state index is 13.0. The minimum absolute atomic E-state index is 0.0778. The summed E-state index contributed by atoms with van der Waals surface area (Å²) in [6.07, 6.45) is 3.17. The predicted molar refractivity (Wildman–Crippen MR) is 143 cm³/mol. The molecule has 0 saturated carbocycles. The lowest BCUT2D eigenvalue weighted by molar-refractivity contribution is 0.0794. The Balaban J connectivity index is 1.50. The maximum Gasteiger partial charge on any atom is 0.255 e. The van der Waals surface area contributed by atoms with E-state index in [1.807, 2.05) is 30.9 Å². The number of hydrogen-bond acceptors (Lipinski definition) is 4. The molecule has 0 atom stereocenters. The van der Waals surface area contributed by atoms with Gasteiger partial charge < -0.3 is 10.2 Å². The van der Waals surface area contributed by atoms with Crippen LogP contribution in [-0.2, 0) is 16.6 Å². The molecule has 1 fully saturated rings. The molecule has 0 aliphatic carbocycles. The van der Waals surface area contributed by atoms with E-state index in [4.69, 9.17) is 0 Å². The zero-order valence-corrected chi connectivity index (χ0v) is 21.6. The zero-order valence-electron chi connectivity index (χ0n) is 20.8. The molecule has 36 heavy (non-hydrogen) atoms. The van der Waals surface area contributed by atoms with Crippen molar-refractivity contribution in [3.05, 3.63) is 94.5 Å². The molecule has 3 aromatic rings. The average molecular weight is 506 g/mol. The third kappa shape index (κ3) is 5.76. The molecule has 0 radical (unpaired) electrons. The minimum Gasteiger partial charge on any atom is -0.339 e. The SMILES string of the molecule is Cc1ccc(N(Cc2ccc(C(=O)Nc3ccccc3C(=O)N3CCCC3)cc2)S(C)(=O)=O)cc1C.